The Morgan fingerprint density at radius 3 is 2.62 bits per heavy atom. The predicted octanol–water partition coefficient (Wildman–Crippen LogP) is -1.06. The van der Waals surface area contributed by atoms with Crippen LogP contribution in [0, 0.1) is 0 Å². The molecule has 0 bridgehead atoms. The van der Waals surface area contributed by atoms with Crippen LogP contribution >= 0.6 is 0 Å². The predicted molar refractivity (Wildman–Crippen MR) is 52.1 cm³/mol. The Labute approximate surface area is 90.9 Å². The van der Waals surface area contributed by atoms with Gasteiger partial charge in [-0.05, 0) is 0 Å². The monoisotopic (exact) mass is 225 g/mol. The molecule has 0 aliphatic carbocycles. The second kappa shape index (κ2) is 3.60. The number of β-amino-alcohol motifs (C(OH)–C–C–N with tert-alkyl or cyclic N) is 1. The molecular weight excluding hydrogens is 214 g/mol. The average Bonchev–Trinajstić information content (AvgIpc) is 2.54. The van der Waals surface area contributed by atoms with Gasteiger partial charge in [0.05, 0.1) is 17.9 Å². The summed E-state index contributed by atoms with van der Waals surface area (Å²) in [5.74, 6) is -1.60. The van der Waals surface area contributed by atoms with Crippen molar-refractivity contribution < 1.29 is 19.8 Å². The number of aromatic nitrogens is 2. The Bertz CT molecular complexity index is 448. The summed E-state index contributed by atoms with van der Waals surface area (Å²) in [4.78, 5) is 24.1. The SMILES string of the molecule is Cn1ncc(C(=O)N2CC(O)C2)c1C(=O)O. The van der Waals surface area contributed by atoms with Crippen molar-refractivity contribution in [1.29, 1.82) is 0 Å². The molecule has 0 spiro atoms. The topological polar surface area (TPSA) is 95.7 Å². The summed E-state index contributed by atoms with van der Waals surface area (Å²) in [5, 5.41) is 21.7. The Morgan fingerprint density at radius 2 is 2.12 bits per heavy atom. The molecule has 1 aromatic heterocycles. The van der Waals surface area contributed by atoms with E-state index in [1.54, 1.807) is 0 Å². The van der Waals surface area contributed by atoms with Gasteiger partial charge in [-0.25, -0.2) is 4.79 Å². The molecule has 0 saturated carbocycles. The second-order valence-corrected chi connectivity index (χ2v) is 3.70. The molecule has 2 N–H and O–H groups in total. The molecule has 0 atom stereocenters. The average molecular weight is 225 g/mol. The summed E-state index contributed by atoms with van der Waals surface area (Å²) in [6.45, 7) is 0.486. The summed E-state index contributed by atoms with van der Waals surface area (Å²) in [6, 6.07) is 0. The molecule has 1 fully saturated rings. The number of likely N-dealkylation sites (tertiary alicyclic amines) is 1. The van der Waals surface area contributed by atoms with Crippen LogP contribution in [0.1, 0.15) is 20.8 Å². The van der Waals surface area contributed by atoms with E-state index < -0.39 is 18.0 Å². The number of carbonyl (C=O) groups excluding carboxylic acids is 1. The molecule has 16 heavy (non-hydrogen) atoms. The highest BCUT2D eigenvalue weighted by Crippen LogP contribution is 2.16. The first-order chi connectivity index (χ1) is 7.50. The number of nitrogens with zero attached hydrogens (tertiary/aromatic N) is 3. The van der Waals surface area contributed by atoms with Crippen LogP contribution in [-0.2, 0) is 7.05 Å². The number of carboxylic acid groups (broad SMARTS) is 1. The smallest absolute Gasteiger partial charge is 0.354 e. The van der Waals surface area contributed by atoms with Gasteiger partial charge in [0.2, 0.25) is 0 Å². The Morgan fingerprint density at radius 1 is 1.50 bits per heavy atom. The van der Waals surface area contributed by atoms with Crippen molar-refractivity contribution in [3.63, 3.8) is 0 Å². The van der Waals surface area contributed by atoms with Gasteiger partial charge >= 0.3 is 5.97 Å². The fraction of sp³-hybridized carbons (Fsp3) is 0.444. The highest BCUT2D eigenvalue weighted by Gasteiger charge is 2.33. The highest BCUT2D eigenvalue weighted by molar-refractivity contribution is 6.03. The third-order valence-corrected chi connectivity index (χ3v) is 2.52. The number of hydrogen-bond acceptors (Lipinski definition) is 4. The van der Waals surface area contributed by atoms with Crippen molar-refractivity contribution in [2.24, 2.45) is 7.05 Å². The standard InChI is InChI=1S/C9H11N3O4/c1-11-7(9(15)16)6(2-10-11)8(14)12-3-5(13)4-12/h2,5,13H,3-4H2,1H3,(H,15,16). The maximum absolute atomic E-state index is 11.8. The zero-order chi connectivity index (χ0) is 11.9. The van der Waals surface area contributed by atoms with Crippen LogP contribution in [0.3, 0.4) is 0 Å². The van der Waals surface area contributed by atoms with E-state index in [9.17, 15) is 9.59 Å². The van der Waals surface area contributed by atoms with E-state index in [0.717, 1.165) is 4.68 Å². The Balaban J connectivity index is 2.27. The minimum absolute atomic E-state index is 0.0573. The van der Waals surface area contributed by atoms with Gasteiger partial charge < -0.3 is 15.1 Å². The van der Waals surface area contributed by atoms with Crippen LogP contribution in [-0.4, -0.2) is 56.0 Å². The van der Waals surface area contributed by atoms with E-state index in [2.05, 4.69) is 5.10 Å². The molecule has 7 heteroatoms. The van der Waals surface area contributed by atoms with Crippen LogP contribution in [0.15, 0.2) is 6.20 Å². The summed E-state index contributed by atoms with van der Waals surface area (Å²) < 4.78 is 1.14. The van der Waals surface area contributed by atoms with E-state index in [1.807, 2.05) is 0 Å². The number of carboxylic acids is 1. The fourth-order valence-corrected chi connectivity index (χ4v) is 1.64. The molecule has 1 aliphatic heterocycles. The van der Waals surface area contributed by atoms with Crippen LogP contribution in [0.25, 0.3) is 0 Å². The third kappa shape index (κ3) is 1.54. The van der Waals surface area contributed by atoms with Crippen molar-refractivity contribution in [3.05, 3.63) is 17.5 Å². The van der Waals surface area contributed by atoms with Crippen LogP contribution in [0.2, 0.25) is 0 Å². The molecule has 1 aliphatic rings. The Kier molecular flexibility index (Phi) is 2.39. The minimum atomic E-state index is -1.19. The molecule has 86 valence electrons. The number of aliphatic hydroxyl groups is 1. The molecule has 0 radical (unpaired) electrons. The molecule has 1 aromatic rings. The number of aromatic carboxylic acids is 1. The number of hydrogen-bond donors (Lipinski definition) is 2. The maximum Gasteiger partial charge on any atom is 0.354 e. The van der Waals surface area contributed by atoms with E-state index in [0.29, 0.717) is 0 Å². The molecule has 0 unspecified atom stereocenters. The number of aryl methyl sites for hydroxylation is 1. The van der Waals surface area contributed by atoms with E-state index in [4.69, 9.17) is 10.2 Å². The Hall–Kier alpha value is -1.89. The van der Waals surface area contributed by atoms with Crippen molar-refractivity contribution in [3.8, 4) is 0 Å². The van der Waals surface area contributed by atoms with Crippen molar-refractivity contribution in [2.45, 2.75) is 6.10 Å². The van der Waals surface area contributed by atoms with Crippen molar-refractivity contribution in [1.82, 2.24) is 14.7 Å². The number of aliphatic hydroxyl groups excluding tert-OH is 1. The summed E-state index contributed by atoms with van der Waals surface area (Å²) in [5.41, 5.74) is -0.0757. The lowest BCUT2D eigenvalue weighted by Crippen LogP contribution is -2.53. The van der Waals surface area contributed by atoms with Crippen LogP contribution in [0.5, 0.6) is 0 Å². The van der Waals surface area contributed by atoms with Gasteiger partial charge in [-0.1, -0.05) is 0 Å². The largest absolute Gasteiger partial charge is 0.477 e. The first kappa shape index (κ1) is 10.6. The molecule has 1 saturated heterocycles. The van der Waals surface area contributed by atoms with E-state index >= 15 is 0 Å². The summed E-state index contributed by atoms with van der Waals surface area (Å²) >= 11 is 0. The molecular formula is C9H11N3O4. The van der Waals surface area contributed by atoms with E-state index in [1.165, 1.54) is 18.1 Å². The summed E-state index contributed by atoms with van der Waals surface area (Å²) in [7, 11) is 1.46. The third-order valence-electron chi connectivity index (χ3n) is 2.52. The van der Waals surface area contributed by atoms with E-state index in [-0.39, 0.29) is 24.3 Å². The van der Waals surface area contributed by atoms with Crippen LogP contribution < -0.4 is 0 Å². The minimum Gasteiger partial charge on any atom is -0.477 e. The molecule has 2 rings (SSSR count). The first-order valence-electron chi connectivity index (χ1n) is 4.73. The zero-order valence-corrected chi connectivity index (χ0v) is 8.62. The maximum atomic E-state index is 11.8. The zero-order valence-electron chi connectivity index (χ0n) is 8.62. The molecule has 1 amide bonds. The van der Waals surface area contributed by atoms with Gasteiger partial charge in [0.25, 0.3) is 5.91 Å². The van der Waals surface area contributed by atoms with Gasteiger partial charge in [0.15, 0.2) is 5.69 Å². The lowest BCUT2D eigenvalue weighted by Gasteiger charge is -2.35. The number of amides is 1. The number of carbonyl (C=O) groups is 2. The lowest BCUT2D eigenvalue weighted by atomic mass is 10.1. The van der Waals surface area contributed by atoms with Gasteiger partial charge in [-0.15, -0.1) is 0 Å². The second-order valence-electron chi connectivity index (χ2n) is 3.70. The molecule has 7 nitrogen and oxygen atoms in total. The molecule has 0 aromatic carbocycles. The van der Waals surface area contributed by atoms with Gasteiger partial charge in [-0.3, -0.25) is 9.48 Å². The normalized spacial score (nSPS) is 16.0. The van der Waals surface area contributed by atoms with Gasteiger partial charge in [0.1, 0.15) is 0 Å². The summed E-state index contributed by atoms with van der Waals surface area (Å²) in [6.07, 6.45) is 0.727. The first-order valence-corrected chi connectivity index (χ1v) is 4.73. The lowest BCUT2D eigenvalue weighted by molar-refractivity contribution is 0.00573. The van der Waals surface area contributed by atoms with Gasteiger partial charge in [0, 0.05) is 20.1 Å². The van der Waals surface area contributed by atoms with Gasteiger partial charge in [-0.2, -0.15) is 5.10 Å². The fourth-order valence-electron chi connectivity index (χ4n) is 1.64. The van der Waals surface area contributed by atoms with Crippen molar-refractivity contribution in [2.75, 3.05) is 13.1 Å². The van der Waals surface area contributed by atoms with Crippen molar-refractivity contribution >= 4 is 11.9 Å². The number of rotatable bonds is 2. The quantitative estimate of drug-likeness (QED) is 0.668. The molecule has 2 heterocycles. The van der Waals surface area contributed by atoms with Crippen LogP contribution in [0.4, 0.5) is 0 Å². The highest BCUT2D eigenvalue weighted by atomic mass is 16.4.